The first-order chi connectivity index (χ1) is 12.0. The first kappa shape index (κ1) is 16.3. The largest absolute Gasteiger partial charge is 0.328 e. The van der Waals surface area contributed by atoms with Crippen LogP contribution in [0.3, 0.4) is 0 Å². The highest BCUT2D eigenvalue weighted by Gasteiger charge is 2.44. The second-order valence-corrected chi connectivity index (χ2v) is 7.32. The number of hydrogen-bond acceptors (Lipinski definition) is 3. The zero-order valence-corrected chi connectivity index (χ0v) is 14.3. The van der Waals surface area contributed by atoms with Crippen molar-refractivity contribution >= 4 is 0 Å². The summed E-state index contributed by atoms with van der Waals surface area (Å²) in [5.41, 5.74) is 0.899. The molecule has 1 N–H and O–H groups in total. The minimum absolute atomic E-state index is 0.338. The van der Waals surface area contributed by atoms with Crippen LogP contribution in [0.4, 0.5) is 4.39 Å². The molecule has 0 radical (unpaired) electrons. The van der Waals surface area contributed by atoms with Crippen LogP contribution in [0.15, 0.2) is 34.0 Å². The number of benzene rings is 1. The first-order valence-electron chi connectivity index (χ1n) is 8.84. The van der Waals surface area contributed by atoms with Gasteiger partial charge in [0.2, 0.25) is 0 Å². The lowest BCUT2D eigenvalue weighted by Crippen LogP contribution is -2.32. The van der Waals surface area contributed by atoms with Crippen LogP contribution in [0.25, 0.3) is 11.1 Å². The first-order valence-corrected chi connectivity index (χ1v) is 8.84. The highest BCUT2D eigenvalue weighted by molar-refractivity contribution is 5.65. The molecule has 1 saturated heterocycles. The molecule has 0 spiro atoms. The van der Waals surface area contributed by atoms with Crippen LogP contribution in [0.5, 0.6) is 0 Å². The fourth-order valence-corrected chi connectivity index (χ4v) is 3.94. The van der Waals surface area contributed by atoms with Crippen molar-refractivity contribution in [1.29, 1.82) is 0 Å². The molecule has 1 aliphatic carbocycles. The number of aromatic nitrogens is 2. The van der Waals surface area contributed by atoms with E-state index in [0.717, 1.165) is 24.8 Å². The molecule has 2 aromatic rings. The highest BCUT2D eigenvalue weighted by atomic mass is 19.1. The van der Waals surface area contributed by atoms with Gasteiger partial charge >= 0.3 is 5.69 Å². The summed E-state index contributed by atoms with van der Waals surface area (Å²) < 4.78 is 14.9. The van der Waals surface area contributed by atoms with Crippen LogP contribution >= 0.6 is 0 Å². The maximum atomic E-state index is 13.3. The Labute approximate surface area is 145 Å². The molecule has 4 rings (SSSR count). The number of likely N-dealkylation sites (tertiary alicyclic amines) is 1. The molecule has 1 saturated carbocycles. The van der Waals surface area contributed by atoms with E-state index in [1.807, 2.05) is 0 Å². The lowest BCUT2D eigenvalue weighted by Gasteiger charge is -2.17. The fourth-order valence-electron chi connectivity index (χ4n) is 3.94. The van der Waals surface area contributed by atoms with E-state index in [9.17, 15) is 14.0 Å². The molecule has 1 aromatic carbocycles. The second-order valence-electron chi connectivity index (χ2n) is 7.32. The number of rotatable bonds is 5. The molecule has 1 aromatic heterocycles. The molecule has 2 heterocycles. The predicted octanol–water partition coefficient (Wildman–Crippen LogP) is 1.99. The van der Waals surface area contributed by atoms with E-state index in [4.69, 9.17) is 0 Å². The third-order valence-electron chi connectivity index (χ3n) is 5.42. The number of fused-ring (bicyclic) bond motifs is 1. The highest BCUT2D eigenvalue weighted by Crippen LogP contribution is 2.44. The molecular formula is C19H22FN3O2. The van der Waals surface area contributed by atoms with Gasteiger partial charge in [-0.1, -0.05) is 6.07 Å². The summed E-state index contributed by atoms with van der Waals surface area (Å²) in [6.45, 7) is 5.67. The number of halogens is 1. The van der Waals surface area contributed by atoms with Crippen LogP contribution in [0.1, 0.15) is 18.4 Å². The van der Waals surface area contributed by atoms with Crippen molar-refractivity contribution in [3.63, 3.8) is 0 Å². The summed E-state index contributed by atoms with van der Waals surface area (Å²) in [7, 11) is 0. The van der Waals surface area contributed by atoms with Crippen LogP contribution in [0.2, 0.25) is 0 Å². The van der Waals surface area contributed by atoms with E-state index < -0.39 is 11.2 Å². The fraction of sp³-hybridized carbons (Fsp3) is 0.474. The molecule has 2 atom stereocenters. The standard InChI is InChI=1S/C19H22FN3O2/c1-12-7-15(20)3-4-16(12)17-11-23(19(25)21-18(17)24)6-2-5-22-9-13-8-14(13)10-22/h3-4,7,11,13-14H,2,5-6,8-10H2,1H3,(H,21,24,25)/t13-,14?/m0/s1. The zero-order valence-electron chi connectivity index (χ0n) is 14.3. The number of nitrogens with zero attached hydrogens (tertiary/aromatic N) is 2. The Kier molecular flexibility index (Phi) is 4.07. The van der Waals surface area contributed by atoms with Crippen LogP contribution in [-0.4, -0.2) is 34.1 Å². The van der Waals surface area contributed by atoms with Crippen molar-refractivity contribution in [2.75, 3.05) is 19.6 Å². The van der Waals surface area contributed by atoms with Crippen molar-refractivity contribution in [2.45, 2.75) is 26.3 Å². The van der Waals surface area contributed by atoms with Gasteiger partial charge in [-0.25, -0.2) is 9.18 Å². The van der Waals surface area contributed by atoms with E-state index in [-0.39, 0.29) is 5.82 Å². The van der Waals surface area contributed by atoms with E-state index in [1.54, 1.807) is 23.8 Å². The third-order valence-corrected chi connectivity index (χ3v) is 5.42. The van der Waals surface area contributed by atoms with Crippen molar-refractivity contribution in [3.05, 3.63) is 56.6 Å². The Morgan fingerprint density at radius 2 is 1.92 bits per heavy atom. The molecule has 0 bridgehead atoms. The number of piperidine rings is 1. The van der Waals surface area contributed by atoms with Gasteiger partial charge in [-0.15, -0.1) is 0 Å². The molecule has 1 aliphatic heterocycles. The molecule has 5 nitrogen and oxygen atoms in total. The Morgan fingerprint density at radius 3 is 2.64 bits per heavy atom. The molecule has 2 fully saturated rings. The number of aromatic amines is 1. The summed E-state index contributed by atoms with van der Waals surface area (Å²) in [5, 5.41) is 0. The Balaban J connectivity index is 1.51. The average molecular weight is 343 g/mol. The van der Waals surface area contributed by atoms with Gasteiger partial charge in [0, 0.05) is 25.8 Å². The Bertz CT molecular complexity index is 908. The van der Waals surface area contributed by atoms with Crippen LogP contribution < -0.4 is 11.2 Å². The normalized spacial score (nSPS) is 22.2. The van der Waals surface area contributed by atoms with E-state index >= 15 is 0 Å². The smallest absolute Gasteiger partial charge is 0.303 e. The van der Waals surface area contributed by atoms with Gasteiger partial charge in [0.15, 0.2) is 0 Å². The monoisotopic (exact) mass is 343 g/mol. The molecule has 6 heteroatoms. The van der Waals surface area contributed by atoms with E-state index in [0.29, 0.717) is 23.2 Å². The van der Waals surface area contributed by atoms with Gasteiger partial charge in [-0.05, 0) is 61.4 Å². The summed E-state index contributed by atoms with van der Waals surface area (Å²) in [6.07, 6.45) is 3.85. The van der Waals surface area contributed by atoms with Gasteiger partial charge in [-0.3, -0.25) is 14.3 Å². The SMILES string of the molecule is Cc1cc(F)ccc1-c1cn(CCCN2CC3C[C@H]3C2)c(=O)[nH]c1=O. The number of nitrogens with one attached hydrogen (secondary N) is 1. The van der Waals surface area contributed by atoms with Crippen molar-refractivity contribution in [2.24, 2.45) is 11.8 Å². The summed E-state index contributed by atoms with van der Waals surface area (Å²) in [4.78, 5) is 29.1. The minimum Gasteiger partial charge on any atom is -0.303 e. The Morgan fingerprint density at radius 1 is 1.16 bits per heavy atom. The number of aryl methyl sites for hydroxylation is 2. The Hall–Kier alpha value is -2.21. The van der Waals surface area contributed by atoms with Crippen molar-refractivity contribution in [3.8, 4) is 11.1 Å². The van der Waals surface area contributed by atoms with E-state index in [1.165, 1.54) is 31.6 Å². The lowest BCUT2D eigenvalue weighted by atomic mass is 10.0. The topological polar surface area (TPSA) is 58.1 Å². The average Bonchev–Trinajstić information content (AvgIpc) is 3.17. The zero-order chi connectivity index (χ0) is 17.6. The van der Waals surface area contributed by atoms with Gasteiger partial charge < -0.3 is 4.90 Å². The molecular weight excluding hydrogens is 321 g/mol. The van der Waals surface area contributed by atoms with Crippen molar-refractivity contribution < 1.29 is 4.39 Å². The van der Waals surface area contributed by atoms with Crippen molar-refractivity contribution in [1.82, 2.24) is 14.5 Å². The van der Waals surface area contributed by atoms with Crippen LogP contribution in [-0.2, 0) is 6.54 Å². The quantitative estimate of drug-likeness (QED) is 0.903. The second kappa shape index (κ2) is 6.26. The molecule has 2 aliphatic rings. The summed E-state index contributed by atoms with van der Waals surface area (Å²) in [6, 6.07) is 4.30. The molecule has 1 unspecified atom stereocenters. The molecule has 0 amide bonds. The predicted molar refractivity (Wildman–Crippen MR) is 94.1 cm³/mol. The van der Waals surface area contributed by atoms with Gasteiger partial charge in [0.05, 0.1) is 5.56 Å². The van der Waals surface area contributed by atoms with Gasteiger partial charge in [0.25, 0.3) is 5.56 Å². The maximum absolute atomic E-state index is 13.3. The number of hydrogen-bond donors (Lipinski definition) is 1. The summed E-state index contributed by atoms with van der Waals surface area (Å²) >= 11 is 0. The minimum atomic E-state index is -0.435. The molecule has 25 heavy (non-hydrogen) atoms. The number of H-pyrrole nitrogens is 1. The van der Waals surface area contributed by atoms with Crippen LogP contribution in [0, 0.1) is 24.6 Å². The van der Waals surface area contributed by atoms with Gasteiger partial charge in [-0.2, -0.15) is 0 Å². The van der Waals surface area contributed by atoms with Gasteiger partial charge in [0.1, 0.15) is 5.82 Å². The summed E-state index contributed by atoms with van der Waals surface area (Å²) in [5.74, 6) is 1.47. The molecule has 132 valence electrons. The maximum Gasteiger partial charge on any atom is 0.328 e. The van der Waals surface area contributed by atoms with E-state index in [2.05, 4.69) is 9.88 Å². The third kappa shape index (κ3) is 3.31. The lowest BCUT2D eigenvalue weighted by molar-refractivity contribution is 0.293.